The minimum atomic E-state index is -0.370. The number of amides is 2. The van der Waals surface area contributed by atoms with E-state index >= 15 is 0 Å². The summed E-state index contributed by atoms with van der Waals surface area (Å²) in [6, 6.07) is 6.75. The third-order valence-corrected chi connectivity index (χ3v) is 8.26. The van der Waals surface area contributed by atoms with Crippen molar-refractivity contribution in [3.05, 3.63) is 35.6 Å². The Labute approximate surface area is 196 Å². The molecule has 6 nitrogen and oxygen atoms in total. The predicted octanol–water partition coefficient (Wildman–Crippen LogP) is 3.17. The second-order valence-electron chi connectivity index (χ2n) is 10.2. The Balaban J connectivity index is 1.33. The van der Waals surface area contributed by atoms with Crippen molar-refractivity contribution in [1.29, 1.82) is 0 Å². The van der Waals surface area contributed by atoms with Crippen LogP contribution in [0, 0.1) is 17.7 Å². The summed E-state index contributed by atoms with van der Waals surface area (Å²) in [5.74, 6) is 0.699. The van der Waals surface area contributed by atoms with E-state index in [0.29, 0.717) is 56.2 Å². The average molecular weight is 458 g/mol. The summed E-state index contributed by atoms with van der Waals surface area (Å²) in [6.07, 6.45) is 6.77. The summed E-state index contributed by atoms with van der Waals surface area (Å²) in [5.41, 5.74) is 0.436. The van der Waals surface area contributed by atoms with Crippen LogP contribution in [-0.2, 0) is 9.53 Å². The van der Waals surface area contributed by atoms with Crippen LogP contribution in [0.5, 0.6) is 0 Å². The zero-order valence-electron chi connectivity index (χ0n) is 19.5. The highest BCUT2D eigenvalue weighted by atomic mass is 19.1. The number of morpholine rings is 1. The fourth-order valence-electron chi connectivity index (χ4n) is 6.82. The molecule has 0 saturated carbocycles. The summed E-state index contributed by atoms with van der Waals surface area (Å²) in [5, 5.41) is 0. The molecular formula is C26H36FN3O3. The molecule has 4 heterocycles. The summed E-state index contributed by atoms with van der Waals surface area (Å²) in [7, 11) is 0. The van der Waals surface area contributed by atoms with Crippen LogP contribution >= 0.6 is 0 Å². The molecule has 180 valence electrons. The van der Waals surface area contributed by atoms with Gasteiger partial charge in [-0.2, -0.15) is 0 Å². The fraction of sp³-hybridized carbons (Fsp3) is 0.692. The standard InChI is InChI=1S/C26H36FN3O3/c27-21-7-1-5-19(17-21)26(32)30-18-20-6-3-11-29-12-4-8-22(25(20)29)23(30)9-2-10-24(31)28-13-15-33-16-14-28/h1,5,7,17,20,22-23,25H,2-4,6,8-16,18H2/t20-,22+,23+,25-/m0/s1. The van der Waals surface area contributed by atoms with E-state index in [0.717, 1.165) is 45.3 Å². The molecule has 0 radical (unpaired) electrons. The van der Waals surface area contributed by atoms with Gasteiger partial charge in [0.05, 0.1) is 13.2 Å². The van der Waals surface area contributed by atoms with Crippen molar-refractivity contribution in [2.24, 2.45) is 11.8 Å². The highest BCUT2D eigenvalue weighted by Crippen LogP contribution is 2.43. The van der Waals surface area contributed by atoms with Crippen LogP contribution in [0.3, 0.4) is 0 Å². The number of hydrogen-bond donors (Lipinski definition) is 0. The first-order chi connectivity index (χ1) is 16.1. The van der Waals surface area contributed by atoms with Gasteiger partial charge in [0.2, 0.25) is 5.91 Å². The maximum absolute atomic E-state index is 13.9. The molecule has 4 atom stereocenters. The van der Waals surface area contributed by atoms with Gasteiger partial charge < -0.3 is 14.5 Å². The van der Waals surface area contributed by atoms with E-state index in [1.165, 1.54) is 25.0 Å². The second kappa shape index (κ2) is 10.1. The van der Waals surface area contributed by atoms with Crippen molar-refractivity contribution in [3.8, 4) is 0 Å². The fourth-order valence-corrected chi connectivity index (χ4v) is 6.82. The molecule has 0 aromatic heterocycles. The van der Waals surface area contributed by atoms with Crippen LogP contribution in [0.25, 0.3) is 0 Å². The van der Waals surface area contributed by atoms with E-state index in [2.05, 4.69) is 9.80 Å². The Morgan fingerprint density at radius 3 is 2.64 bits per heavy atom. The van der Waals surface area contributed by atoms with Gasteiger partial charge in [-0.05, 0) is 81.6 Å². The molecule has 4 saturated heterocycles. The lowest BCUT2D eigenvalue weighted by molar-refractivity contribution is -0.135. The lowest BCUT2D eigenvalue weighted by Crippen LogP contribution is -2.65. The van der Waals surface area contributed by atoms with E-state index in [-0.39, 0.29) is 23.7 Å². The molecule has 2 amide bonds. The van der Waals surface area contributed by atoms with Crippen molar-refractivity contribution in [3.63, 3.8) is 0 Å². The predicted molar refractivity (Wildman–Crippen MR) is 123 cm³/mol. The molecule has 1 aromatic rings. The van der Waals surface area contributed by atoms with E-state index < -0.39 is 0 Å². The van der Waals surface area contributed by atoms with Gasteiger partial charge in [-0.15, -0.1) is 0 Å². The van der Waals surface area contributed by atoms with Crippen molar-refractivity contribution in [2.45, 2.75) is 57.0 Å². The van der Waals surface area contributed by atoms with Crippen LogP contribution < -0.4 is 0 Å². The Morgan fingerprint density at radius 2 is 1.85 bits per heavy atom. The smallest absolute Gasteiger partial charge is 0.254 e. The van der Waals surface area contributed by atoms with Gasteiger partial charge in [0.25, 0.3) is 5.91 Å². The van der Waals surface area contributed by atoms with Gasteiger partial charge in [0.15, 0.2) is 0 Å². The summed E-state index contributed by atoms with van der Waals surface area (Å²) >= 11 is 0. The van der Waals surface area contributed by atoms with Crippen molar-refractivity contribution < 1.29 is 18.7 Å². The number of benzene rings is 1. The number of halogens is 1. The molecular weight excluding hydrogens is 421 g/mol. The third-order valence-electron chi connectivity index (χ3n) is 8.26. The van der Waals surface area contributed by atoms with Crippen LogP contribution in [0.4, 0.5) is 4.39 Å². The topological polar surface area (TPSA) is 53.1 Å². The largest absolute Gasteiger partial charge is 0.378 e. The van der Waals surface area contributed by atoms with Gasteiger partial charge in [-0.1, -0.05) is 6.07 Å². The normalized spacial score (nSPS) is 30.1. The molecule has 33 heavy (non-hydrogen) atoms. The maximum Gasteiger partial charge on any atom is 0.254 e. The molecule has 0 spiro atoms. The Kier molecular flexibility index (Phi) is 6.97. The summed E-state index contributed by atoms with van der Waals surface area (Å²) in [4.78, 5) is 32.9. The van der Waals surface area contributed by atoms with Gasteiger partial charge >= 0.3 is 0 Å². The number of rotatable bonds is 5. The number of hydrogen-bond acceptors (Lipinski definition) is 4. The minimum absolute atomic E-state index is 0.0554. The number of piperidine rings is 3. The number of nitrogens with zero attached hydrogens (tertiary/aromatic N) is 3. The molecule has 1 aromatic carbocycles. The SMILES string of the molecule is O=C(CCC[C@@H]1[C@H]2CCCN3CCC[C@@H](CN1C(=O)c1cccc(F)c1)[C@@H]23)N1CCOCC1. The number of carbonyl (C=O) groups excluding carboxylic acids is 2. The number of ether oxygens (including phenoxy) is 1. The monoisotopic (exact) mass is 457 g/mol. The van der Waals surface area contributed by atoms with Gasteiger partial charge in [-0.3, -0.25) is 14.5 Å². The molecule has 5 rings (SSSR count). The van der Waals surface area contributed by atoms with Crippen LogP contribution in [-0.4, -0.2) is 84.5 Å². The van der Waals surface area contributed by atoms with E-state index in [1.54, 1.807) is 12.1 Å². The molecule has 0 N–H and O–H groups in total. The molecule has 0 aliphatic carbocycles. The third kappa shape index (κ3) is 4.80. The average Bonchev–Trinajstić information content (AvgIpc) is 2.85. The van der Waals surface area contributed by atoms with Crippen LogP contribution in [0.2, 0.25) is 0 Å². The highest BCUT2D eigenvalue weighted by molar-refractivity contribution is 5.94. The minimum Gasteiger partial charge on any atom is -0.378 e. The lowest BCUT2D eigenvalue weighted by atomic mass is 9.69. The van der Waals surface area contributed by atoms with Crippen molar-refractivity contribution >= 4 is 11.8 Å². The second-order valence-corrected chi connectivity index (χ2v) is 10.2. The first-order valence-electron chi connectivity index (χ1n) is 12.8. The van der Waals surface area contributed by atoms with Crippen molar-refractivity contribution in [1.82, 2.24) is 14.7 Å². The molecule has 4 fully saturated rings. The zero-order valence-corrected chi connectivity index (χ0v) is 19.5. The van der Waals surface area contributed by atoms with Gasteiger partial charge in [0, 0.05) is 43.7 Å². The first kappa shape index (κ1) is 22.8. The molecule has 0 unspecified atom stereocenters. The summed E-state index contributed by atoms with van der Waals surface area (Å²) in [6.45, 7) is 5.66. The first-order valence-corrected chi connectivity index (χ1v) is 12.8. The molecule has 7 heteroatoms. The van der Waals surface area contributed by atoms with E-state index in [4.69, 9.17) is 4.74 Å². The zero-order chi connectivity index (χ0) is 22.8. The van der Waals surface area contributed by atoms with Gasteiger partial charge in [0.1, 0.15) is 5.82 Å². The highest BCUT2D eigenvalue weighted by Gasteiger charge is 2.49. The van der Waals surface area contributed by atoms with Crippen LogP contribution in [0.1, 0.15) is 55.3 Å². The Hall–Kier alpha value is -1.99. The Bertz CT molecular complexity index is 857. The quantitative estimate of drug-likeness (QED) is 0.682. The van der Waals surface area contributed by atoms with E-state index in [9.17, 15) is 14.0 Å². The lowest BCUT2D eigenvalue weighted by Gasteiger charge is -2.57. The number of likely N-dealkylation sites (tertiary alicyclic amines) is 1. The Morgan fingerprint density at radius 1 is 1.06 bits per heavy atom. The molecule has 0 bridgehead atoms. The van der Waals surface area contributed by atoms with Gasteiger partial charge in [-0.25, -0.2) is 4.39 Å². The van der Waals surface area contributed by atoms with E-state index in [1.807, 2.05) is 4.90 Å². The van der Waals surface area contributed by atoms with Crippen molar-refractivity contribution in [2.75, 3.05) is 45.9 Å². The molecule has 4 aliphatic rings. The summed E-state index contributed by atoms with van der Waals surface area (Å²) < 4.78 is 19.3. The number of carbonyl (C=O) groups is 2. The molecule has 4 aliphatic heterocycles. The maximum atomic E-state index is 13.9. The van der Waals surface area contributed by atoms with Crippen LogP contribution in [0.15, 0.2) is 24.3 Å².